The Morgan fingerprint density at radius 1 is 1.10 bits per heavy atom. The van der Waals surface area contributed by atoms with Crippen LogP contribution in [-0.2, 0) is 4.79 Å². The second-order valence-electron chi connectivity index (χ2n) is 10.0. The minimum atomic E-state index is -0.852. The molecule has 2 N–H and O–H groups in total. The molecule has 0 spiro atoms. The van der Waals surface area contributed by atoms with Crippen LogP contribution >= 0.6 is 23.1 Å². The van der Waals surface area contributed by atoms with E-state index in [4.69, 9.17) is 5.11 Å². The number of anilines is 1. The summed E-state index contributed by atoms with van der Waals surface area (Å²) in [6.45, 7) is 6.99. The molecule has 0 unspecified atom stereocenters. The zero-order valence-electron chi connectivity index (χ0n) is 19.1. The van der Waals surface area contributed by atoms with Crippen LogP contribution in [0.15, 0.2) is 10.4 Å². The van der Waals surface area contributed by atoms with Crippen LogP contribution in [0.25, 0.3) is 0 Å². The number of carboxylic acid groups (broad SMARTS) is 1. The third-order valence-corrected chi connectivity index (χ3v) is 8.90. The van der Waals surface area contributed by atoms with Crippen LogP contribution in [0.1, 0.15) is 85.0 Å². The third-order valence-electron chi connectivity index (χ3n) is 6.80. The highest BCUT2D eigenvalue weighted by Gasteiger charge is 2.36. The number of hydrogen-bond acceptors (Lipinski definition) is 5. The third kappa shape index (κ3) is 7.11. The average molecular weight is 468 g/mol. The Kier molecular flexibility index (Phi) is 8.67. The lowest BCUT2D eigenvalue weighted by Gasteiger charge is -2.43. The van der Waals surface area contributed by atoms with Crippen molar-refractivity contribution in [1.29, 1.82) is 0 Å². The maximum Gasteiger partial charge on any atom is 0.324 e. The minimum absolute atomic E-state index is 0.000790. The van der Waals surface area contributed by atoms with Crippen molar-refractivity contribution in [3.05, 3.63) is 6.20 Å². The molecule has 0 bridgehead atoms. The average Bonchev–Trinajstić information content (AvgIpc) is 2.98. The van der Waals surface area contributed by atoms with Gasteiger partial charge >= 0.3 is 12.0 Å². The molecule has 6 nitrogen and oxygen atoms in total. The number of nitrogens with one attached hydrogen (secondary N) is 1. The smallest absolute Gasteiger partial charge is 0.324 e. The summed E-state index contributed by atoms with van der Waals surface area (Å²) in [5, 5.41) is 12.5. The van der Waals surface area contributed by atoms with Crippen LogP contribution < -0.4 is 5.32 Å². The van der Waals surface area contributed by atoms with Crippen LogP contribution in [0.3, 0.4) is 0 Å². The van der Waals surface area contributed by atoms with E-state index >= 15 is 0 Å². The number of nitrogens with zero attached hydrogens (tertiary/aromatic N) is 2. The summed E-state index contributed by atoms with van der Waals surface area (Å²) < 4.78 is 0.810. The molecular weight excluding hydrogens is 430 g/mol. The molecule has 0 aliphatic heterocycles. The number of carbonyl (C=O) groups is 2. The number of carbonyl (C=O) groups excluding carboxylic acids is 1. The van der Waals surface area contributed by atoms with Crippen molar-refractivity contribution >= 4 is 40.2 Å². The molecule has 1 heterocycles. The molecule has 2 saturated carbocycles. The predicted octanol–water partition coefficient (Wildman–Crippen LogP) is 6.48. The molecule has 2 amide bonds. The van der Waals surface area contributed by atoms with Crippen molar-refractivity contribution in [3.8, 4) is 0 Å². The molecule has 2 aliphatic carbocycles. The molecule has 8 heteroatoms. The predicted molar refractivity (Wildman–Crippen MR) is 128 cm³/mol. The molecule has 3 rings (SSSR count). The first-order valence-electron chi connectivity index (χ1n) is 11.6. The fourth-order valence-electron chi connectivity index (χ4n) is 5.06. The molecule has 1 aromatic heterocycles. The highest BCUT2D eigenvalue weighted by Crippen LogP contribution is 2.40. The van der Waals surface area contributed by atoms with E-state index in [9.17, 15) is 9.59 Å². The summed E-state index contributed by atoms with van der Waals surface area (Å²) >= 11 is 2.59. The first kappa shape index (κ1) is 24.4. The summed E-state index contributed by atoms with van der Waals surface area (Å²) in [5.41, 5.74) is 0.325. The molecule has 0 saturated heterocycles. The summed E-state index contributed by atoms with van der Waals surface area (Å²) in [5.74, 6) is -0.134. The minimum Gasteiger partial charge on any atom is -0.481 e. The Bertz CT molecular complexity index is 731. The van der Waals surface area contributed by atoms with Crippen molar-refractivity contribution in [2.75, 3.05) is 11.1 Å². The molecule has 2 aliphatic rings. The van der Waals surface area contributed by atoms with Gasteiger partial charge in [0, 0.05) is 12.1 Å². The lowest BCUT2D eigenvalue weighted by atomic mass is 9.71. The van der Waals surface area contributed by atoms with Gasteiger partial charge in [0.1, 0.15) is 0 Å². The number of amides is 2. The lowest BCUT2D eigenvalue weighted by Crippen LogP contribution is -2.50. The number of thioether (sulfide) groups is 1. The van der Waals surface area contributed by atoms with Crippen molar-refractivity contribution in [3.63, 3.8) is 0 Å². The lowest BCUT2D eigenvalue weighted by molar-refractivity contribution is -0.133. The van der Waals surface area contributed by atoms with Crippen LogP contribution in [0.2, 0.25) is 0 Å². The van der Waals surface area contributed by atoms with Crippen molar-refractivity contribution in [2.24, 2.45) is 11.3 Å². The second-order valence-corrected chi connectivity index (χ2v) is 12.3. The van der Waals surface area contributed by atoms with Gasteiger partial charge in [-0.3, -0.25) is 10.1 Å². The molecule has 0 aromatic carbocycles. The molecule has 0 radical (unpaired) electrons. The van der Waals surface area contributed by atoms with Crippen molar-refractivity contribution in [2.45, 2.75) is 101 Å². The number of hydrogen-bond donors (Lipinski definition) is 2. The molecule has 0 atom stereocenters. The van der Waals surface area contributed by atoms with Gasteiger partial charge in [-0.25, -0.2) is 9.78 Å². The van der Waals surface area contributed by atoms with Gasteiger partial charge in [0.05, 0.1) is 16.2 Å². The van der Waals surface area contributed by atoms with Gasteiger partial charge in [-0.15, -0.1) is 11.8 Å². The number of rotatable bonds is 6. The molecule has 31 heavy (non-hydrogen) atoms. The van der Waals surface area contributed by atoms with E-state index < -0.39 is 5.97 Å². The monoisotopic (exact) mass is 467 g/mol. The van der Waals surface area contributed by atoms with Gasteiger partial charge in [-0.05, 0) is 49.9 Å². The molecule has 1 aromatic rings. The first-order chi connectivity index (χ1) is 14.7. The van der Waals surface area contributed by atoms with Gasteiger partial charge in [-0.2, -0.15) is 0 Å². The quantitative estimate of drug-likeness (QED) is 0.369. The number of urea groups is 1. The maximum atomic E-state index is 13.5. The van der Waals surface area contributed by atoms with E-state index in [1.165, 1.54) is 61.6 Å². The van der Waals surface area contributed by atoms with Gasteiger partial charge in [-0.1, -0.05) is 57.8 Å². The van der Waals surface area contributed by atoms with Gasteiger partial charge in [0.2, 0.25) is 0 Å². The van der Waals surface area contributed by atoms with E-state index in [1.54, 1.807) is 6.20 Å². The number of thiazole rings is 1. The van der Waals surface area contributed by atoms with E-state index in [1.807, 2.05) is 0 Å². The fraction of sp³-hybridized carbons (Fsp3) is 0.783. The first-order valence-corrected chi connectivity index (χ1v) is 13.4. The Balaban J connectivity index is 1.69. The van der Waals surface area contributed by atoms with E-state index in [0.29, 0.717) is 22.6 Å². The topological polar surface area (TPSA) is 82.5 Å². The van der Waals surface area contributed by atoms with Crippen LogP contribution in [0.5, 0.6) is 0 Å². The van der Waals surface area contributed by atoms with Crippen LogP contribution in [0.4, 0.5) is 9.93 Å². The fourth-order valence-corrected chi connectivity index (χ4v) is 6.64. The SMILES string of the molecule is CC(C)(C)[C@H]1CC[C@H](N(C(=O)Nc2ncc(SCC(=O)O)s2)C2CCCCCC2)CC1. The van der Waals surface area contributed by atoms with Crippen LogP contribution in [0, 0.1) is 11.3 Å². The maximum absolute atomic E-state index is 13.5. The number of carboxylic acids is 1. The van der Waals surface area contributed by atoms with Gasteiger partial charge in [0.25, 0.3) is 0 Å². The van der Waals surface area contributed by atoms with Crippen molar-refractivity contribution < 1.29 is 14.7 Å². The summed E-state index contributed by atoms with van der Waals surface area (Å²) in [4.78, 5) is 30.7. The second kappa shape index (κ2) is 11.0. The largest absolute Gasteiger partial charge is 0.481 e. The Morgan fingerprint density at radius 3 is 2.29 bits per heavy atom. The standard InChI is InChI=1S/C23H37N3O3S2/c1-23(2,3)16-10-12-18(13-11-16)26(17-8-6-4-5-7-9-17)22(29)25-21-24-14-20(31-21)30-15-19(27)28/h14,16-18H,4-13,15H2,1-3H3,(H,27,28)(H,24,25,29)/t16-,18-. The highest BCUT2D eigenvalue weighted by molar-refractivity contribution is 8.01. The zero-order valence-corrected chi connectivity index (χ0v) is 20.7. The summed E-state index contributed by atoms with van der Waals surface area (Å²) in [6.07, 6.45) is 13.2. The summed E-state index contributed by atoms with van der Waals surface area (Å²) in [6, 6.07) is 0.567. The Hall–Kier alpha value is -1.28. The van der Waals surface area contributed by atoms with Crippen molar-refractivity contribution in [1.82, 2.24) is 9.88 Å². The number of aliphatic carboxylic acids is 1. The van der Waals surface area contributed by atoms with E-state index in [0.717, 1.165) is 35.8 Å². The Labute approximate surface area is 194 Å². The van der Waals surface area contributed by atoms with E-state index in [-0.39, 0.29) is 11.8 Å². The molecular formula is C23H37N3O3S2. The summed E-state index contributed by atoms with van der Waals surface area (Å²) in [7, 11) is 0. The van der Waals surface area contributed by atoms with E-state index in [2.05, 4.69) is 36.0 Å². The molecule has 174 valence electrons. The normalized spacial score (nSPS) is 23.2. The van der Waals surface area contributed by atoms with Crippen LogP contribution in [-0.4, -0.2) is 44.8 Å². The number of aromatic nitrogens is 1. The molecule has 2 fully saturated rings. The van der Waals surface area contributed by atoms with Gasteiger partial charge in [0.15, 0.2) is 5.13 Å². The zero-order chi connectivity index (χ0) is 22.4. The highest BCUT2D eigenvalue weighted by atomic mass is 32.2. The Morgan fingerprint density at radius 2 is 1.71 bits per heavy atom. The van der Waals surface area contributed by atoms with Gasteiger partial charge < -0.3 is 10.0 Å².